The van der Waals surface area contributed by atoms with Crippen molar-refractivity contribution in [3.63, 3.8) is 0 Å². The van der Waals surface area contributed by atoms with E-state index in [1.54, 1.807) is 0 Å². The van der Waals surface area contributed by atoms with Crippen LogP contribution in [-0.2, 0) is 28.6 Å². The van der Waals surface area contributed by atoms with Crippen molar-refractivity contribution in [2.24, 2.45) is 0 Å². The van der Waals surface area contributed by atoms with Gasteiger partial charge in [-0.15, -0.1) is 0 Å². The van der Waals surface area contributed by atoms with E-state index in [2.05, 4.69) is 167 Å². The highest BCUT2D eigenvalue weighted by atomic mass is 16.6. The summed E-state index contributed by atoms with van der Waals surface area (Å²) in [5, 5.41) is 0. The van der Waals surface area contributed by atoms with Gasteiger partial charge in [0, 0.05) is 19.3 Å². The van der Waals surface area contributed by atoms with Gasteiger partial charge in [-0.05, 0) is 141 Å². The summed E-state index contributed by atoms with van der Waals surface area (Å²) in [6, 6.07) is 0. The fourth-order valence-electron chi connectivity index (χ4n) is 9.18. The van der Waals surface area contributed by atoms with E-state index in [0.717, 1.165) is 116 Å². The highest BCUT2D eigenvalue weighted by molar-refractivity contribution is 5.71. The molecule has 6 heteroatoms. The maximum absolute atomic E-state index is 12.9. The number of hydrogen-bond donors (Lipinski definition) is 0. The van der Waals surface area contributed by atoms with Crippen LogP contribution < -0.4 is 0 Å². The zero-order valence-electron chi connectivity index (χ0n) is 53.9. The fraction of sp³-hybridized carbons (Fsp3) is 0.649. The lowest BCUT2D eigenvalue weighted by atomic mass is 10.1. The second kappa shape index (κ2) is 69.8. The molecule has 0 heterocycles. The summed E-state index contributed by atoms with van der Waals surface area (Å²) >= 11 is 0. The van der Waals surface area contributed by atoms with Crippen LogP contribution in [0.4, 0.5) is 0 Å². The molecule has 1 unspecified atom stereocenters. The van der Waals surface area contributed by atoms with Gasteiger partial charge in [-0.3, -0.25) is 14.4 Å². The van der Waals surface area contributed by atoms with Gasteiger partial charge >= 0.3 is 17.9 Å². The minimum absolute atomic E-state index is 0.110. The van der Waals surface area contributed by atoms with Gasteiger partial charge in [0.15, 0.2) is 6.10 Å². The minimum atomic E-state index is -0.822. The lowest BCUT2D eigenvalue weighted by Gasteiger charge is -2.18. The summed E-state index contributed by atoms with van der Waals surface area (Å²) in [6.45, 7) is 6.45. The monoisotopic (exact) mass is 1150 g/mol. The van der Waals surface area contributed by atoms with Crippen molar-refractivity contribution in [1.82, 2.24) is 0 Å². The smallest absolute Gasteiger partial charge is 0.306 e. The average molecular weight is 1150 g/mol. The Kier molecular flexibility index (Phi) is 65.8. The zero-order chi connectivity index (χ0) is 59.9. The molecule has 0 spiro atoms. The lowest BCUT2D eigenvalue weighted by Crippen LogP contribution is -2.30. The third-order valence-electron chi connectivity index (χ3n) is 14.3. The predicted octanol–water partition coefficient (Wildman–Crippen LogP) is 23.9. The molecule has 0 radical (unpaired) electrons. The Morgan fingerprint density at radius 2 is 0.482 bits per heavy atom. The molecule has 0 N–H and O–H groups in total. The Balaban J connectivity index is 4.50. The van der Waals surface area contributed by atoms with Crippen LogP contribution in [0, 0.1) is 0 Å². The van der Waals surface area contributed by atoms with E-state index in [9.17, 15) is 14.4 Å². The molecule has 0 amide bonds. The maximum Gasteiger partial charge on any atom is 0.306 e. The number of rotatable bonds is 61. The largest absolute Gasteiger partial charge is 0.462 e. The van der Waals surface area contributed by atoms with Gasteiger partial charge in [0.25, 0.3) is 0 Å². The van der Waals surface area contributed by atoms with E-state index in [-0.39, 0.29) is 37.5 Å². The van der Waals surface area contributed by atoms with Crippen LogP contribution in [0.3, 0.4) is 0 Å². The summed E-state index contributed by atoms with van der Waals surface area (Å²) in [5.74, 6) is -0.978. The Labute approximate surface area is 512 Å². The molecule has 6 nitrogen and oxygen atoms in total. The minimum Gasteiger partial charge on any atom is -0.462 e. The van der Waals surface area contributed by atoms with Crippen molar-refractivity contribution >= 4 is 17.9 Å². The van der Waals surface area contributed by atoms with E-state index in [4.69, 9.17) is 14.2 Å². The number of unbranched alkanes of at least 4 members (excludes halogenated alkanes) is 26. The second-order valence-electron chi connectivity index (χ2n) is 22.3. The Hall–Kier alpha value is -4.71. The molecular formula is C77H126O6. The summed E-state index contributed by atoms with van der Waals surface area (Å²) in [4.78, 5) is 38.4. The molecule has 0 fully saturated rings. The number of carbonyl (C=O) groups is 3. The first-order valence-corrected chi connectivity index (χ1v) is 34.3. The van der Waals surface area contributed by atoms with Crippen molar-refractivity contribution in [3.8, 4) is 0 Å². The third kappa shape index (κ3) is 68.0. The summed E-state index contributed by atoms with van der Waals surface area (Å²) < 4.78 is 16.9. The molecule has 0 bridgehead atoms. The molecule has 0 aliphatic heterocycles. The quantitative estimate of drug-likeness (QED) is 0.0261. The molecule has 0 aromatic heterocycles. The van der Waals surface area contributed by atoms with Crippen molar-refractivity contribution in [3.05, 3.63) is 146 Å². The number of esters is 3. The molecule has 0 aromatic rings. The number of ether oxygens (including phenoxy) is 3. The van der Waals surface area contributed by atoms with Crippen molar-refractivity contribution in [1.29, 1.82) is 0 Å². The molecule has 0 aromatic carbocycles. The van der Waals surface area contributed by atoms with E-state index in [0.29, 0.717) is 19.3 Å². The molecule has 470 valence electrons. The summed E-state index contributed by atoms with van der Waals surface area (Å²) in [6.07, 6.45) is 100. The van der Waals surface area contributed by atoms with Gasteiger partial charge in [0.2, 0.25) is 0 Å². The maximum atomic E-state index is 12.9. The lowest BCUT2D eigenvalue weighted by molar-refractivity contribution is -0.167. The third-order valence-corrected chi connectivity index (χ3v) is 14.3. The van der Waals surface area contributed by atoms with Gasteiger partial charge < -0.3 is 14.2 Å². The van der Waals surface area contributed by atoms with Crippen LogP contribution in [0.15, 0.2) is 146 Å². The van der Waals surface area contributed by atoms with Crippen LogP contribution in [0.5, 0.6) is 0 Å². The molecule has 0 aliphatic carbocycles. The van der Waals surface area contributed by atoms with E-state index in [1.165, 1.54) is 141 Å². The topological polar surface area (TPSA) is 78.9 Å². The van der Waals surface area contributed by atoms with Crippen LogP contribution in [0.25, 0.3) is 0 Å². The fourth-order valence-corrected chi connectivity index (χ4v) is 9.18. The molecule has 0 saturated heterocycles. The molecule has 83 heavy (non-hydrogen) atoms. The normalized spacial score (nSPS) is 13.0. The van der Waals surface area contributed by atoms with Crippen molar-refractivity contribution in [2.75, 3.05) is 13.2 Å². The SMILES string of the molecule is CC/C=C\C/C=C\C/C=C\C/C=C\C/C=C\C/C=C\C/C=C\CCCC(=O)OC(COC(=O)CCCCCCCCC/C=C\C/C=C\CCCCC)COC(=O)CCCCCCCCCCCC/C=C\C/C=C\C/C=C\CCCCCCC. The molecular weight excluding hydrogens is 1020 g/mol. The zero-order valence-corrected chi connectivity index (χ0v) is 53.9. The van der Waals surface area contributed by atoms with E-state index >= 15 is 0 Å². The van der Waals surface area contributed by atoms with Crippen molar-refractivity contribution in [2.45, 2.75) is 309 Å². The Bertz CT molecular complexity index is 1800. The van der Waals surface area contributed by atoms with Gasteiger partial charge in [0.1, 0.15) is 13.2 Å². The second-order valence-corrected chi connectivity index (χ2v) is 22.3. The first kappa shape index (κ1) is 78.3. The highest BCUT2D eigenvalue weighted by Gasteiger charge is 2.19. The standard InChI is InChI=1S/C77H126O6/c1-4-7-10-13-16-19-22-25-28-31-33-35-37-38-40-41-43-46-49-52-55-58-61-64-67-70-76(79)82-73-74(72-81-75(78)69-66-63-60-57-54-51-48-45-30-27-24-21-18-15-12-9-6-3)83-77(80)71-68-65-62-59-56-53-50-47-44-42-39-36-34-32-29-26-23-20-17-14-11-8-5-2/h8,11,17-18,20-22,25-27,29-31,33-34,36-38,42,44,50,53,59,62,74H,4-7,9-10,12-16,19,23-24,28,32,35,39-41,43,45-49,51-52,54-58,60-61,63-73H2,1-3H3/b11-8-,20-17-,21-18-,25-22-,29-26-,30-27-,33-31-,36-34-,38-37-,44-42-,53-50-,62-59-. The predicted molar refractivity (Wildman–Crippen MR) is 362 cm³/mol. The first-order chi connectivity index (χ1) is 41.0. The van der Waals surface area contributed by atoms with Gasteiger partial charge in [-0.1, -0.05) is 289 Å². The van der Waals surface area contributed by atoms with E-state index < -0.39 is 6.10 Å². The number of hydrogen-bond acceptors (Lipinski definition) is 6. The summed E-state index contributed by atoms with van der Waals surface area (Å²) in [7, 11) is 0. The molecule has 0 saturated carbocycles. The van der Waals surface area contributed by atoms with Gasteiger partial charge in [-0.2, -0.15) is 0 Å². The Morgan fingerprint density at radius 1 is 0.253 bits per heavy atom. The number of allylic oxidation sites excluding steroid dienone is 24. The highest BCUT2D eigenvalue weighted by Crippen LogP contribution is 2.15. The average Bonchev–Trinajstić information content (AvgIpc) is 3.49. The van der Waals surface area contributed by atoms with Crippen LogP contribution >= 0.6 is 0 Å². The van der Waals surface area contributed by atoms with E-state index in [1.807, 2.05) is 0 Å². The Morgan fingerprint density at radius 3 is 0.795 bits per heavy atom. The van der Waals surface area contributed by atoms with Crippen LogP contribution in [-0.4, -0.2) is 37.2 Å². The van der Waals surface area contributed by atoms with Gasteiger partial charge in [0.05, 0.1) is 0 Å². The van der Waals surface area contributed by atoms with Crippen LogP contribution in [0.2, 0.25) is 0 Å². The summed E-state index contributed by atoms with van der Waals surface area (Å²) in [5.41, 5.74) is 0. The first-order valence-electron chi connectivity index (χ1n) is 34.3. The molecule has 1 atom stereocenters. The molecule has 0 rings (SSSR count). The van der Waals surface area contributed by atoms with Gasteiger partial charge in [-0.25, -0.2) is 0 Å². The van der Waals surface area contributed by atoms with Crippen molar-refractivity contribution < 1.29 is 28.6 Å². The van der Waals surface area contributed by atoms with Crippen LogP contribution in [0.1, 0.15) is 303 Å². The number of carbonyl (C=O) groups excluding carboxylic acids is 3. The molecule has 0 aliphatic rings.